The van der Waals surface area contributed by atoms with Crippen LogP contribution >= 0.6 is 0 Å². The molecule has 0 bridgehead atoms. The van der Waals surface area contributed by atoms with Crippen molar-refractivity contribution in [3.8, 4) is 0 Å². The van der Waals surface area contributed by atoms with Crippen molar-refractivity contribution >= 4 is 17.9 Å². The topological polar surface area (TPSA) is 78.9 Å². The summed E-state index contributed by atoms with van der Waals surface area (Å²) < 4.78 is 16.8. The van der Waals surface area contributed by atoms with Crippen LogP contribution in [0.15, 0.2) is 122 Å². The predicted molar refractivity (Wildman–Crippen MR) is 320 cm³/mol. The van der Waals surface area contributed by atoms with Gasteiger partial charge in [-0.25, -0.2) is 0 Å². The van der Waals surface area contributed by atoms with Crippen LogP contribution < -0.4 is 0 Å². The lowest BCUT2D eigenvalue weighted by Crippen LogP contribution is -2.30. The highest BCUT2D eigenvalue weighted by Gasteiger charge is 2.19. The number of carbonyl (C=O) groups excluding carboxylic acids is 3. The van der Waals surface area contributed by atoms with E-state index in [2.05, 4.69) is 136 Å². The molecule has 74 heavy (non-hydrogen) atoms. The molecular weight excluding hydrogens is 913 g/mol. The molecule has 0 aromatic carbocycles. The minimum Gasteiger partial charge on any atom is -0.462 e. The highest BCUT2D eigenvalue weighted by Crippen LogP contribution is 2.15. The van der Waals surface area contributed by atoms with E-state index in [0.29, 0.717) is 19.3 Å². The van der Waals surface area contributed by atoms with Crippen molar-refractivity contribution in [1.82, 2.24) is 0 Å². The predicted octanol–water partition coefficient (Wildman–Crippen LogP) is 20.8. The fraction of sp³-hybridized carbons (Fsp3) is 0.662. The molecule has 0 rings (SSSR count). The lowest BCUT2D eigenvalue weighted by molar-refractivity contribution is -0.166. The molecule has 0 saturated carbocycles. The number of carbonyl (C=O) groups is 3. The van der Waals surface area contributed by atoms with Gasteiger partial charge in [-0.3, -0.25) is 14.4 Å². The molecule has 0 saturated heterocycles. The van der Waals surface area contributed by atoms with E-state index >= 15 is 0 Å². The van der Waals surface area contributed by atoms with Gasteiger partial charge < -0.3 is 14.2 Å². The number of rotatable bonds is 54. The molecule has 0 radical (unpaired) electrons. The highest BCUT2D eigenvalue weighted by atomic mass is 16.6. The third-order valence-electron chi connectivity index (χ3n) is 12.7. The minimum absolute atomic E-state index is 0.107. The molecule has 0 aliphatic carbocycles. The molecule has 1 atom stereocenters. The fourth-order valence-corrected chi connectivity index (χ4v) is 8.18. The monoisotopic (exact) mass is 1020 g/mol. The van der Waals surface area contributed by atoms with Crippen molar-refractivity contribution in [2.75, 3.05) is 13.2 Å². The summed E-state index contributed by atoms with van der Waals surface area (Å²) in [6, 6.07) is 0. The van der Waals surface area contributed by atoms with Crippen molar-refractivity contribution < 1.29 is 28.6 Å². The summed E-state index contributed by atoms with van der Waals surface area (Å²) in [7, 11) is 0. The summed E-state index contributed by atoms with van der Waals surface area (Å²) in [5.41, 5.74) is 0. The first-order chi connectivity index (χ1) is 36.5. The maximum atomic E-state index is 12.9. The zero-order valence-corrected chi connectivity index (χ0v) is 48.1. The molecule has 0 amide bonds. The second-order valence-corrected chi connectivity index (χ2v) is 19.8. The highest BCUT2D eigenvalue weighted by molar-refractivity contribution is 5.71. The quantitative estimate of drug-likeness (QED) is 0.0261. The molecule has 0 aromatic rings. The van der Waals surface area contributed by atoms with Crippen LogP contribution in [0.1, 0.15) is 271 Å². The first kappa shape index (κ1) is 69.8. The van der Waals surface area contributed by atoms with Crippen molar-refractivity contribution in [1.29, 1.82) is 0 Å². The number of esters is 3. The van der Waals surface area contributed by atoms with Gasteiger partial charge in [-0.1, -0.05) is 258 Å². The Balaban J connectivity index is 4.33. The molecule has 0 fully saturated rings. The van der Waals surface area contributed by atoms with E-state index in [0.717, 1.165) is 116 Å². The van der Waals surface area contributed by atoms with Crippen molar-refractivity contribution in [2.24, 2.45) is 0 Å². The fourth-order valence-electron chi connectivity index (χ4n) is 8.18. The van der Waals surface area contributed by atoms with Crippen LogP contribution in [0.3, 0.4) is 0 Å². The lowest BCUT2D eigenvalue weighted by atomic mass is 10.0. The third-order valence-corrected chi connectivity index (χ3v) is 12.7. The van der Waals surface area contributed by atoms with Gasteiger partial charge in [0.2, 0.25) is 0 Å². The molecule has 0 aliphatic heterocycles. The summed E-state index contributed by atoms with van der Waals surface area (Å²) in [6.07, 6.45) is 85.1. The van der Waals surface area contributed by atoms with Crippen molar-refractivity contribution in [2.45, 2.75) is 277 Å². The van der Waals surface area contributed by atoms with Gasteiger partial charge in [-0.05, 0) is 116 Å². The van der Waals surface area contributed by atoms with Gasteiger partial charge >= 0.3 is 17.9 Å². The Bertz CT molecular complexity index is 1550. The number of hydrogen-bond acceptors (Lipinski definition) is 6. The molecular formula is C68H112O6. The molecule has 6 nitrogen and oxygen atoms in total. The van der Waals surface area contributed by atoms with E-state index in [9.17, 15) is 14.4 Å². The average molecular weight is 1030 g/mol. The maximum absolute atomic E-state index is 12.9. The Labute approximate surface area is 456 Å². The van der Waals surface area contributed by atoms with Gasteiger partial charge in [0.25, 0.3) is 0 Å². The number of ether oxygens (including phenoxy) is 3. The van der Waals surface area contributed by atoms with Crippen molar-refractivity contribution in [3.05, 3.63) is 122 Å². The van der Waals surface area contributed by atoms with Gasteiger partial charge in [0.15, 0.2) is 6.10 Å². The molecule has 420 valence electrons. The standard InChI is InChI=1S/C68H112O6/c1-4-7-10-13-16-19-22-25-27-29-30-31-32-33-34-35-36-37-38-39-41-43-46-49-52-55-58-61-67(70)73-64-65(63-72-66(69)60-57-54-51-48-45-42-24-21-18-15-12-9-6-3)74-68(71)62-59-56-53-50-47-44-40-28-26-23-20-17-14-11-8-5-2/h7,9-10,12,16,18-21,23,25,27-28,30-31,40,42,45,51,54,65H,4-6,8,11,13-15,17,22,24,26,29,32-39,41,43-44,46-50,52-53,55-64H2,1-3H3/b10-7-,12-9-,19-16-,21-18-,23-20-,27-25-,31-30-,40-28-,45-42-,54-51-. The molecule has 0 N–H and O–H groups in total. The Morgan fingerprint density at radius 1 is 0.284 bits per heavy atom. The summed E-state index contributed by atoms with van der Waals surface area (Å²) in [4.78, 5) is 38.2. The first-order valence-electron chi connectivity index (χ1n) is 30.5. The van der Waals surface area contributed by atoms with Gasteiger partial charge in [-0.15, -0.1) is 0 Å². The summed E-state index contributed by atoms with van der Waals surface area (Å²) >= 11 is 0. The summed E-state index contributed by atoms with van der Waals surface area (Å²) in [6.45, 7) is 6.32. The molecule has 0 aromatic heterocycles. The third kappa shape index (κ3) is 58.7. The van der Waals surface area contributed by atoms with Gasteiger partial charge in [-0.2, -0.15) is 0 Å². The summed E-state index contributed by atoms with van der Waals surface area (Å²) in [5.74, 6) is -1.01. The molecule has 1 unspecified atom stereocenters. The second-order valence-electron chi connectivity index (χ2n) is 19.8. The zero-order chi connectivity index (χ0) is 53.6. The lowest BCUT2D eigenvalue weighted by Gasteiger charge is -2.18. The van der Waals surface area contributed by atoms with Crippen LogP contribution in [-0.2, 0) is 28.6 Å². The van der Waals surface area contributed by atoms with Crippen LogP contribution in [0.5, 0.6) is 0 Å². The average Bonchev–Trinajstić information content (AvgIpc) is 3.40. The number of hydrogen-bond donors (Lipinski definition) is 0. The Kier molecular flexibility index (Phi) is 57.9. The van der Waals surface area contributed by atoms with Gasteiger partial charge in [0, 0.05) is 19.3 Å². The Morgan fingerprint density at radius 2 is 0.554 bits per heavy atom. The SMILES string of the molecule is CC/C=C\C/C=C\C/C=C\C/C=C\CCCCCCCCCCCCCCCCC(=O)OCC(COC(=O)CC/C=C\C/C=C\C/C=C\C/C=C\CC)OC(=O)CCCCCCC/C=C\C/C=C\CCCCCC. The van der Waals surface area contributed by atoms with E-state index < -0.39 is 6.10 Å². The van der Waals surface area contributed by atoms with Crippen LogP contribution in [0.2, 0.25) is 0 Å². The number of allylic oxidation sites excluding steroid dienone is 20. The van der Waals surface area contributed by atoms with Crippen LogP contribution in [0.4, 0.5) is 0 Å². The van der Waals surface area contributed by atoms with Crippen LogP contribution in [0.25, 0.3) is 0 Å². The van der Waals surface area contributed by atoms with E-state index in [1.807, 2.05) is 6.08 Å². The first-order valence-corrected chi connectivity index (χ1v) is 30.5. The van der Waals surface area contributed by atoms with Crippen LogP contribution in [0, 0.1) is 0 Å². The van der Waals surface area contributed by atoms with E-state index in [4.69, 9.17) is 14.2 Å². The summed E-state index contributed by atoms with van der Waals surface area (Å²) in [5, 5.41) is 0. The van der Waals surface area contributed by atoms with Gasteiger partial charge in [0.05, 0.1) is 0 Å². The van der Waals surface area contributed by atoms with Crippen LogP contribution in [-0.4, -0.2) is 37.2 Å². The van der Waals surface area contributed by atoms with E-state index in [1.54, 1.807) is 0 Å². The maximum Gasteiger partial charge on any atom is 0.306 e. The molecule has 0 spiro atoms. The van der Waals surface area contributed by atoms with Gasteiger partial charge in [0.1, 0.15) is 13.2 Å². The zero-order valence-electron chi connectivity index (χ0n) is 48.1. The smallest absolute Gasteiger partial charge is 0.306 e. The molecule has 6 heteroatoms. The molecule has 0 aliphatic rings. The Morgan fingerprint density at radius 3 is 0.905 bits per heavy atom. The van der Waals surface area contributed by atoms with E-state index in [1.165, 1.54) is 109 Å². The van der Waals surface area contributed by atoms with Crippen molar-refractivity contribution in [3.63, 3.8) is 0 Å². The second kappa shape index (κ2) is 61.4. The minimum atomic E-state index is -0.817. The van der Waals surface area contributed by atoms with E-state index in [-0.39, 0.29) is 37.5 Å². The molecule has 0 heterocycles. The largest absolute Gasteiger partial charge is 0.462 e. The normalized spacial score (nSPS) is 13.0. The Hall–Kier alpha value is -4.19. The number of unbranched alkanes of at least 4 members (excludes halogenated alkanes) is 23.